The van der Waals surface area contributed by atoms with Crippen molar-refractivity contribution < 1.29 is 73.1 Å². The maximum Gasteiger partial charge on any atom is 0.194 e. The van der Waals surface area contributed by atoms with Crippen LogP contribution in [0.3, 0.4) is 0 Å². The minimum Gasteiger partial charge on any atom is -0.390 e. The summed E-state index contributed by atoms with van der Waals surface area (Å²) < 4.78 is 43.1. The quantitative estimate of drug-likeness (QED) is 0.268. The van der Waals surface area contributed by atoms with Gasteiger partial charge in [0, 0.05) is 55.2 Å². The summed E-state index contributed by atoms with van der Waals surface area (Å²) in [5.41, 5.74) is -6.42. The Kier molecular flexibility index (Phi) is 11.3. The van der Waals surface area contributed by atoms with Crippen molar-refractivity contribution in [2.24, 2.45) is 0 Å². The van der Waals surface area contributed by atoms with Crippen molar-refractivity contribution in [3.8, 4) is 0 Å². The molecule has 5 N–H and O–H groups in total. The molecular formula is C43H56O15. The molecule has 0 amide bonds. The molecule has 1 aromatic rings. The van der Waals surface area contributed by atoms with Crippen LogP contribution in [0.2, 0.25) is 0 Å². The molecule has 16 atom stereocenters. The zero-order valence-electron chi connectivity index (χ0n) is 33.6. The third-order valence-corrected chi connectivity index (χ3v) is 13.3. The van der Waals surface area contributed by atoms with Crippen molar-refractivity contribution in [1.29, 1.82) is 0 Å². The Hall–Kier alpha value is -2.77. The number of aliphatic hydroxyl groups is 5. The Labute approximate surface area is 337 Å². The molecule has 4 aliphatic heterocycles. The maximum atomic E-state index is 14.1. The minimum atomic E-state index is -2.71. The highest BCUT2D eigenvalue weighted by molar-refractivity contribution is 6.31. The molecule has 7 aliphatic rings. The van der Waals surface area contributed by atoms with Gasteiger partial charge in [0.2, 0.25) is 0 Å². The van der Waals surface area contributed by atoms with E-state index in [1.807, 2.05) is 20.8 Å². The van der Waals surface area contributed by atoms with E-state index in [0.717, 1.165) is 0 Å². The van der Waals surface area contributed by atoms with Gasteiger partial charge >= 0.3 is 0 Å². The van der Waals surface area contributed by atoms with Gasteiger partial charge in [0.05, 0.1) is 66.1 Å². The van der Waals surface area contributed by atoms with E-state index in [4.69, 9.17) is 33.2 Å². The van der Waals surface area contributed by atoms with Gasteiger partial charge in [0.15, 0.2) is 41.8 Å². The number of rotatable bonds is 7. The van der Waals surface area contributed by atoms with Gasteiger partial charge < -0.3 is 58.7 Å². The first-order valence-electron chi connectivity index (χ1n) is 20.7. The minimum absolute atomic E-state index is 0.0340. The second-order valence-corrected chi connectivity index (χ2v) is 17.6. The Morgan fingerprint density at radius 3 is 1.97 bits per heavy atom. The van der Waals surface area contributed by atoms with Crippen molar-refractivity contribution in [2.45, 2.75) is 189 Å². The molecule has 3 aliphatic carbocycles. The Morgan fingerprint density at radius 1 is 0.707 bits per heavy atom. The number of ketones is 3. The van der Waals surface area contributed by atoms with Gasteiger partial charge in [0.25, 0.3) is 0 Å². The van der Waals surface area contributed by atoms with Crippen molar-refractivity contribution in [3.63, 3.8) is 0 Å². The predicted octanol–water partition coefficient (Wildman–Crippen LogP) is 2.81. The number of hydrogen-bond donors (Lipinski definition) is 5. The van der Waals surface area contributed by atoms with Gasteiger partial charge in [-0.2, -0.15) is 0 Å². The highest BCUT2D eigenvalue weighted by atomic mass is 16.7. The van der Waals surface area contributed by atoms with Crippen LogP contribution in [0.1, 0.15) is 125 Å². The van der Waals surface area contributed by atoms with E-state index in [-0.39, 0.29) is 66.7 Å². The van der Waals surface area contributed by atoms with E-state index in [9.17, 15) is 39.9 Å². The fraction of sp³-hybridized carbons (Fsp3) is 0.698. The lowest BCUT2D eigenvalue weighted by molar-refractivity contribution is -0.313. The summed E-state index contributed by atoms with van der Waals surface area (Å²) in [6.07, 6.45) is -1.42. The van der Waals surface area contributed by atoms with Crippen LogP contribution >= 0.6 is 0 Å². The number of carbonyl (C=O) groups excluding carboxylic acids is 3. The average Bonchev–Trinajstić information content (AvgIpc) is 3.16. The highest BCUT2D eigenvalue weighted by Crippen LogP contribution is 2.52. The fourth-order valence-corrected chi connectivity index (χ4v) is 9.92. The van der Waals surface area contributed by atoms with Gasteiger partial charge in [-0.15, -0.1) is 0 Å². The number of benzene rings is 1. The second-order valence-electron chi connectivity index (χ2n) is 17.6. The molecule has 4 saturated heterocycles. The molecule has 318 valence electrons. The van der Waals surface area contributed by atoms with Gasteiger partial charge in [-0.3, -0.25) is 14.4 Å². The molecule has 3 unspecified atom stereocenters. The van der Waals surface area contributed by atoms with Crippen LogP contribution < -0.4 is 0 Å². The number of hydrogen-bond acceptors (Lipinski definition) is 15. The van der Waals surface area contributed by atoms with Crippen molar-refractivity contribution in [3.05, 3.63) is 58.2 Å². The van der Waals surface area contributed by atoms with Crippen molar-refractivity contribution >= 4 is 17.3 Å². The van der Waals surface area contributed by atoms with E-state index in [1.54, 1.807) is 19.9 Å². The lowest BCUT2D eigenvalue weighted by Crippen LogP contribution is -2.69. The van der Waals surface area contributed by atoms with Crippen molar-refractivity contribution in [2.75, 3.05) is 0 Å². The molecule has 1 aromatic carbocycles. The molecule has 58 heavy (non-hydrogen) atoms. The van der Waals surface area contributed by atoms with E-state index < -0.39 is 88.9 Å². The van der Waals surface area contributed by atoms with Gasteiger partial charge in [-0.1, -0.05) is 12.1 Å². The first kappa shape index (κ1) is 41.9. The summed E-state index contributed by atoms with van der Waals surface area (Å²) in [7, 11) is 0. The molecule has 4 heterocycles. The zero-order chi connectivity index (χ0) is 41.5. The third-order valence-electron chi connectivity index (χ3n) is 13.3. The molecule has 0 spiro atoms. The summed E-state index contributed by atoms with van der Waals surface area (Å²) in [5, 5.41) is 54.7. The molecule has 15 heteroatoms. The highest BCUT2D eigenvalue weighted by Gasteiger charge is 2.67. The van der Waals surface area contributed by atoms with Crippen LogP contribution in [0.5, 0.6) is 0 Å². The molecule has 0 bridgehead atoms. The van der Waals surface area contributed by atoms with Crippen LogP contribution in [-0.2, 0) is 38.0 Å². The topological polar surface area (TPSA) is 217 Å². The van der Waals surface area contributed by atoms with Crippen LogP contribution in [0.15, 0.2) is 41.5 Å². The summed E-state index contributed by atoms with van der Waals surface area (Å²) in [5.74, 6) is -2.22. The number of carbonyl (C=O) groups is 3. The van der Waals surface area contributed by atoms with E-state index in [2.05, 4.69) is 0 Å². The second kappa shape index (κ2) is 15.6. The Bertz CT molecular complexity index is 1850. The number of fused-ring (bicyclic) bond motifs is 3. The van der Waals surface area contributed by atoms with Gasteiger partial charge in [-0.05, 0) is 77.7 Å². The summed E-state index contributed by atoms with van der Waals surface area (Å²) in [6.45, 7) is 8.94. The predicted molar refractivity (Wildman–Crippen MR) is 201 cm³/mol. The Morgan fingerprint density at radius 2 is 1.33 bits per heavy atom. The number of allylic oxidation sites excluding steroid dienone is 2. The SMILES string of the molecule is C[C@@H]1O[C@H](OC2(C)CC(=O)C3(O)C4=C(C=CC3(O)C2)C(=O)c2cc([C@H]3C[C@@H](O)[C@@H](O)[C@@H](C)O3)ccc2C4=O)CC[C@@H]1O[C@H]1CC[C@@H](O[C@H]2CC[C@@H](O)[C@@H](C)O2)[C@H](C)O1. The third kappa shape index (κ3) is 7.38. The van der Waals surface area contributed by atoms with E-state index >= 15 is 0 Å². The number of Topliss-reactive ketones (excluding diaryl/α,β-unsaturated/α-hetero) is 3. The average molecular weight is 813 g/mol. The van der Waals surface area contributed by atoms with E-state index in [1.165, 1.54) is 24.3 Å². The monoisotopic (exact) mass is 812 g/mol. The first-order valence-corrected chi connectivity index (χ1v) is 20.7. The van der Waals surface area contributed by atoms with E-state index in [0.29, 0.717) is 44.1 Å². The smallest absolute Gasteiger partial charge is 0.194 e. The molecule has 0 radical (unpaired) electrons. The van der Waals surface area contributed by atoms with Crippen LogP contribution in [-0.4, -0.2) is 133 Å². The molecular weight excluding hydrogens is 756 g/mol. The summed E-state index contributed by atoms with van der Waals surface area (Å²) >= 11 is 0. The standard InChI is InChI=1S/C43H56O15/c1-20-28(44)8-11-34(53-20)56-30-9-12-35(54-21(30)2)57-31-10-13-36(55-22(31)3)58-41(5)18-33(46)43(51)37-26(14-15-42(43,50)19-41)39(48)27-16-24(6-7-25(27)40(37)49)32-17-29(45)38(47)23(4)52-32/h6-7,14-16,20-23,28-32,34-36,38,44-45,47,50-51H,8-13,17-19H2,1-5H3/t20-,21+,22+,23-,28-,29-,30-,31+,32-,34+,35+,36-,38+,41?,42?,43?/m1/s1. The van der Waals surface area contributed by atoms with Gasteiger partial charge in [0.1, 0.15) is 11.7 Å². The largest absolute Gasteiger partial charge is 0.390 e. The van der Waals surface area contributed by atoms with Gasteiger partial charge in [-0.25, -0.2) is 0 Å². The molecule has 5 fully saturated rings. The van der Waals surface area contributed by atoms with Crippen LogP contribution in [0, 0.1) is 0 Å². The molecule has 15 nitrogen and oxygen atoms in total. The maximum absolute atomic E-state index is 14.1. The van der Waals surface area contributed by atoms with Crippen LogP contribution in [0.4, 0.5) is 0 Å². The summed E-state index contributed by atoms with van der Waals surface area (Å²) in [6, 6.07) is 4.51. The van der Waals surface area contributed by atoms with Crippen LogP contribution in [0.25, 0.3) is 0 Å². The zero-order valence-corrected chi connectivity index (χ0v) is 33.6. The molecule has 8 rings (SSSR count). The number of ether oxygens (including phenoxy) is 7. The number of aliphatic hydroxyl groups excluding tert-OH is 3. The molecule has 0 aromatic heterocycles. The normalized spacial score (nSPS) is 45.8. The first-order chi connectivity index (χ1) is 27.4. The lowest BCUT2D eigenvalue weighted by Gasteiger charge is -2.53. The van der Waals surface area contributed by atoms with Crippen molar-refractivity contribution in [1.82, 2.24) is 0 Å². The fourth-order valence-electron chi connectivity index (χ4n) is 9.92. The Balaban J connectivity index is 0.892. The lowest BCUT2D eigenvalue weighted by atomic mass is 9.57. The summed E-state index contributed by atoms with van der Waals surface area (Å²) in [4.78, 5) is 42.2. The molecule has 1 saturated carbocycles.